The number of aliphatic carboxylic acids is 1. The number of carboxylic acid groups (broad SMARTS) is 1. The van der Waals surface area contributed by atoms with Crippen LogP contribution in [0.5, 0.6) is 0 Å². The summed E-state index contributed by atoms with van der Waals surface area (Å²) in [5.74, 6) is -2.41. The molecule has 1 fully saturated rings. The van der Waals surface area contributed by atoms with Crippen molar-refractivity contribution in [1.29, 1.82) is 0 Å². The third kappa shape index (κ3) is 5.78. The average Bonchev–Trinajstić information content (AvgIpc) is 2.62. The molecule has 0 bridgehead atoms. The number of aliphatic hydroxyl groups excluding tert-OH is 4. The van der Waals surface area contributed by atoms with Crippen LogP contribution in [-0.2, 0) is 39.2 Å². The molecule has 16 nitrogen and oxygen atoms in total. The second kappa shape index (κ2) is 9.55. The van der Waals surface area contributed by atoms with Gasteiger partial charge >= 0.3 is 16.3 Å². The first kappa shape index (κ1) is 23.8. The maximum atomic E-state index is 11.1. The molecule has 1 saturated heterocycles. The molecular formula is C12H19NO15S. The second-order valence-corrected chi connectivity index (χ2v) is 7.09. The predicted molar refractivity (Wildman–Crippen MR) is 82.5 cm³/mol. The van der Waals surface area contributed by atoms with Gasteiger partial charge in [-0.1, -0.05) is 5.04 Å². The summed E-state index contributed by atoms with van der Waals surface area (Å²) in [6.07, 6.45) is -12.0. The highest BCUT2D eigenvalue weighted by molar-refractivity contribution is 7.83. The van der Waals surface area contributed by atoms with Gasteiger partial charge in [-0.3, -0.25) is 4.55 Å². The number of hydrogen-bond acceptors (Lipinski definition) is 13. The Labute approximate surface area is 162 Å². The van der Waals surface area contributed by atoms with Gasteiger partial charge in [0.15, 0.2) is 6.29 Å². The van der Waals surface area contributed by atoms with E-state index in [1.54, 1.807) is 0 Å². The molecule has 168 valence electrons. The van der Waals surface area contributed by atoms with Gasteiger partial charge in [0.1, 0.15) is 36.6 Å². The lowest BCUT2D eigenvalue weighted by molar-refractivity contribution is -0.523. The molecule has 0 saturated carbocycles. The molecule has 2 aliphatic rings. The van der Waals surface area contributed by atoms with E-state index in [4.69, 9.17) is 29.1 Å². The lowest BCUT2D eigenvalue weighted by atomic mass is 9.97. The van der Waals surface area contributed by atoms with Gasteiger partial charge in [0.05, 0.1) is 6.61 Å². The molecule has 0 aromatic carbocycles. The first-order valence-electron chi connectivity index (χ1n) is 7.78. The molecule has 0 amide bonds. The van der Waals surface area contributed by atoms with E-state index >= 15 is 0 Å². The van der Waals surface area contributed by atoms with Crippen LogP contribution < -0.4 is 4.72 Å². The molecule has 29 heavy (non-hydrogen) atoms. The molecule has 0 radical (unpaired) electrons. The van der Waals surface area contributed by atoms with Crippen LogP contribution in [0.2, 0.25) is 0 Å². The molecule has 0 aliphatic carbocycles. The van der Waals surface area contributed by atoms with Crippen molar-refractivity contribution in [2.24, 2.45) is 0 Å². The minimum atomic E-state index is -4.96. The summed E-state index contributed by atoms with van der Waals surface area (Å²) in [6.45, 7) is -0.890. The first-order valence-corrected chi connectivity index (χ1v) is 9.22. The second-order valence-electron chi connectivity index (χ2n) is 5.91. The first-order chi connectivity index (χ1) is 13.5. The fourth-order valence-electron chi connectivity index (χ4n) is 2.73. The summed E-state index contributed by atoms with van der Waals surface area (Å²) in [4.78, 5) is 15.5. The van der Waals surface area contributed by atoms with Crippen molar-refractivity contribution < 1.29 is 72.7 Å². The maximum absolute atomic E-state index is 11.1. The van der Waals surface area contributed by atoms with Crippen molar-refractivity contribution in [2.75, 3.05) is 6.61 Å². The molecule has 8 N–H and O–H groups in total. The normalized spacial score (nSPS) is 38.2. The van der Waals surface area contributed by atoms with E-state index in [2.05, 4.69) is 9.93 Å². The molecule has 0 spiro atoms. The highest BCUT2D eigenvalue weighted by Gasteiger charge is 2.51. The number of carboxylic acids is 1. The molecule has 17 heteroatoms. The smallest absolute Gasteiger partial charge is 0.371 e. The van der Waals surface area contributed by atoms with Crippen molar-refractivity contribution in [2.45, 2.75) is 49.1 Å². The largest absolute Gasteiger partial charge is 0.475 e. The third-order valence-corrected chi connectivity index (χ3v) is 4.55. The predicted octanol–water partition coefficient (Wildman–Crippen LogP) is -4.32. The zero-order valence-corrected chi connectivity index (χ0v) is 15.0. The monoisotopic (exact) mass is 449 g/mol. The summed E-state index contributed by atoms with van der Waals surface area (Å²) in [5, 5.41) is 60.2. The lowest BCUT2D eigenvalue weighted by Crippen LogP contribution is -2.66. The van der Waals surface area contributed by atoms with Gasteiger partial charge < -0.3 is 39.7 Å². The number of aliphatic hydroxyl groups is 4. The fraction of sp³-hybridized carbons (Fsp3) is 0.750. The van der Waals surface area contributed by atoms with E-state index < -0.39 is 77.8 Å². The Kier molecular flexibility index (Phi) is 7.84. The Morgan fingerprint density at radius 2 is 1.90 bits per heavy atom. The van der Waals surface area contributed by atoms with Gasteiger partial charge in [-0.25, -0.2) is 10.1 Å². The number of rotatable bonds is 8. The summed E-state index contributed by atoms with van der Waals surface area (Å²) >= 11 is 0. The highest BCUT2D eigenvalue weighted by Crippen LogP contribution is 2.29. The standard InChI is InChI=1S/C12H19NO15S/c14-2-5-8(26-12-7(16)3(15)1-4(25-12)10(17)18)9(27-28-20)6(11(19)24-5)13-29(21,22)23/h1,3,5-9,11-16,19-20H,2H2,(H,17,18)(H,21,22,23)/t3-,5?,6?,7?,8+,9+,11+,12-/m0/s1. The molecule has 0 aromatic rings. The molecule has 2 heterocycles. The van der Waals surface area contributed by atoms with Crippen LogP contribution in [0.4, 0.5) is 0 Å². The van der Waals surface area contributed by atoms with E-state index in [1.807, 2.05) is 0 Å². The van der Waals surface area contributed by atoms with Crippen LogP contribution in [0.3, 0.4) is 0 Å². The number of ether oxygens (including phenoxy) is 3. The quantitative estimate of drug-likeness (QED) is 0.0990. The maximum Gasteiger partial charge on any atom is 0.371 e. The summed E-state index contributed by atoms with van der Waals surface area (Å²) < 4.78 is 47.8. The van der Waals surface area contributed by atoms with E-state index in [0.29, 0.717) is 6.08 Å². The Morgan fingerprint density at radius 1 is 1.24 bits per heavy atom. The van der Waals surface area contributed by atoms with E-state index in [-0.39, 0.29) is 0 Å². The van der Waals surface area contributed by atoms with Crippen LogP contribution in [-0.4, -0.2) is 105 Å². The minimum absolute atomic E-state index is 0.686. The van der Waals surface area contributed by atoms with Crippen LogP contribution in [0.25, 0.3) is 0 Å². The van der Waals surface area contributed by atoms with Crippen LogP contribution >= 0.6 is 0 Å². The molecular weight excluding hydrogens is 430 g/mol. The zero-order chi connectivity index (χ0) is 21.9. The summed E-state index contributed by atoms with van der Waals surface area (Å²) in [5.41, 5.74) is 0. The Morgan fingerprint density at radius 3 is 2.41 bits per heavy atom. The highest BCUT2D eigenvalue weighted by atomic mass is 32.2. The van der Waals surface area contributed by atoms with E-state index in [1.165, 1.54) is 4.72 Å². The van der Waals surface area contributed by atoms with Crippen molar-refractivity contribution in [3.63, 3.8) is 0 Å². The molecule has 2 aliphatic heterocycles. The Bertz CT molecular complexity index is 712. The Balaban J connectivity index is 2.32. The average molecular weight is 449 g/mol. The van der Waals surface area contributed by atoms with Gasteiger partial charge in [-0.2, -0.15) is 18.0 Å². The van der Waals surface area contributed by atoms with Crippen LogP contribution in [0.1, 0.15) is 0 Å². The minimum Gasteiger partial charge on any atom is -0.475 e. The molecule has 0 aromatic heterocycles. The van der Waals surface area contributed by atoms with Crippen LogP contribution in [0, 0.1) is 0 Å². The zero-order valence-electron chi connectivity index (χ0n) is 14.2. The van der Waals surface area contributed by atoms with Gasteiger partial charge in [-0.05, 0) is 6.08 Å². The lowest BCUT2D eigenvalue weighted by Gasteiger charge is -2.44. The number of nitrogens with one attached hydrogen (secondary N) is 1. The molecule has 3 unspecified atom stereocenters. The van der Waals surface area contributed by atoms with Gasteiger partial charge in [0, 0.05) is 0 Å². The van der Waals surface area contributed by atoms with Gasteiger partial charge in [-0.15, -0.1) is 0 Å². The Hall–Kier alpha value is -1.48. The third-order valence-electron chi connectivity index (χ3n) is 3.98. The van der Waals surface area contributed by atoms with Crippen molar-refractivity contribution in [3.8, 4) is 0 Å². The van der Waals surface area contributed by atoms with Gasteiger partial charge in [0.2, 0.25) is 12.0 Å². The van der Waals surface area contributed by atoms with Crippen molar-refractivity contribution >= 4 is 16.3 Å². The number of carbonyl (C=O) groups is 1. The molecule has 2 rings (SSSR count). The SMILES string of the molecule is O=C(O)C1=C[C@H](O)C(O)[C@H](O[C@@H]2C(CO)O[C@@H](O)C(NS(=O)(=O)O)[C@H]2OOO)O1. The van der Waals surface area contributed by atoms with Crippen molar-refractivity contribution in [1.82, 2.24) is 4.72 Å². The van der Waals surface area contributed by atoms with Crippen molar-refractivity contribution in [3.05, 3.63) is 11.8 Å². The summed E-state index contributed by atoms with van der Waals surface area (Å²) in [6, 6.07) is -1.88. The number of hydrogen-bond donors (Lipinski definition) is 8. The fourth-order valence-corrected chi connectivity index (χ4v) is 3.32. The topological polar surface area (TPSA) is 251 Å². The van der Waals surface area contributed by atoms with E-state index in [0.717, 1.165) is 0 Å². The van der Waals surface area contributed by atoms with E-state index in [9.17, 15) is 33.6 Å². The van der Waals surface area contributed by atoms with Crippen LogP contribution in [0.15, 0.2) is 11.8 Å². The molecule has 8 atom stereocenters. The van der Waals surface area contributed by atoms with Gasteiger partial charge in [0.25, 0.3) is 0 Å². The summed E-state index contributed by atoms with van der Waals surface area (Å²) in [7, 11) is -4.96.